The Bertz CT molecular complexity index is 500. The van der Waals surface area contributed by atoms with Crippen LogP contribution >= 0.6 is 0 Å². The fraction of sp³-hybridized carbons (Fsp3) is 0.714. The Morgan fingerprint density at radius 2 is 1.38 bits per heavy atom. The van der Waals surface area contributed by atoms with Gasteiger partial charge < -0.3 is 29.6 Å². The Morgan fingerprint density at radius 3 is 1.90 bits per heavy atom. The molecule has 8 heteroatoms. The summed E-state index contributed by atoms with van der Waals surface area (Å²) >= 11 is 0. The van der Waals surface area contributed by atoms with Crippen LogP contribution < -0.4 is 10.6 Å². The summed E-state index contributed by atoms with van der Waals surface area (Å²) in [6.45, 7) is 10.9. The van der Waals surface area contributed by atoms with Gasteiger partial charge in [0.1, 0.15) is 0 Å². The summed E-state index contributed by atoms with van der Waals surface area (Å²) in [5, 5.41) is 5.84. The fourth-order valence-corrected chi connectivity index (χ4v) is 3.21. The Labute approximate surface area is 174 Å². The highest BCUT2D eigenvalue weighted by Crippen LogP contribution is 2.24. The van der Waals surface area contributed by atoms with Crippen LogP contribution in [0.1, 0.15) is 51.9 Å². The minimum absolute atomic E-state index is 0.0468. The molecule has 1 saturated carbocycles. The second kappa shape index (κ2) is 15.5. The van der Waals surface area contributed by atoms with Crippen LogP contribution in [0.4, 0.5) is 9.59 Å². The zero-order valence-electron chi connectivity index (χ0n) is 17.5. The standard InChI is InChI=1S/C21H36N2O6/c1-4-26-12-6-8-14-28-20(24)22-18-10-11-19(17(3)16-18)23-21(25)29-15-9-7-13-27-5-2/h4-5,17-19H,1-2,6-16H2,3H3,(H,22,24)(H,23,25). The maximum Gasteiger partial charge on any atom is 0.407 e. The minimum atomic E-state index is -0.391. The van der Waals surface area contributed by atoms with Crippen molar-refractivity contribution >= 4 is 12.2 Å². The number of unbranched alkanes of at least 4 members (excludes halogenated alkanes) is 2. The molecule has 0 bridgehead atoms. The predicted molar refractivity (Wildman–Crippen MR) is 110 cm³/mol. The van der Waals surface area contributed by atoms with E-state index < -0.39 is 12.2 Å². The lowest BCUT2D eigenvalue weighted by atomic mass is 9.83. The van der Waals surface area contributed by atoms with E-state index in [9.17, 15) is 9.59 Å². The quantitative estimate of drug-likeness (QED) is 0.332. The van der Waals surface area contributed by atoms with Crippen LogP contribution in [0.5, 0.6) is 0 Å². The Kier molecular flexibility index (Phi) is 13.2. The predicted octanol–water partition coefficient (Wildman–Crippen LogP) is 3.88. The van der Waals surface area contributed by atoms with Crippen LogP contribution in [0.3, 0.4) is 0 Å². The molecule has 3 unspecified atom stereocenters. The van der Waals surface area contributed by atoms with Crippen molar-refractivity contribution in [3.05, 3.63) is 25.7 Å². The first-order valence-electron chi connectivity index (χ1n) is 10.4. The number of rotatable bonds is 14. The number of hydrogen-bond donors (Lipinski definition) is 2. The first-order valence-corrected chi connectivity index (χ1v) is 10.4. The normalized spacial score (nSPS) is 20.8. The molecule has 0 spiro atoms. The van der Waals surface area contributed by atoms with Crippen molar-refractivity contribution in [2.24, 2.45) is 5.92 Å². The van der Waals surface area contributed by atoms with Crippen molar-refractivity contribution in [2.75, 3.05) is 26.4 Å². The summed E-state index contributed by atoms with van der Waals surface area (Å²) in [6, 6.07) is 0.103. The van der Waals surface area contributed by atoms with Crippen LogP contribution in [-0.4, -0.2) is 50.7 Å². The lowest BCUT2D eigenvalue weighted by molar-refractivity contribution is 0.119. The van der Waals surface area contributed by atoms with Crippen molar-refractivity contribution in [1.29, 1.82) is 0 Å². The first kappa shape index (κ1) is 24.7. The second-order valence-electron chi connectivity index (χ2n) is 7.14. The van der Waals surface area contributed by atoms with Crippen molar-refractivity contribution in [3.8, 4) is 0 Å². The van der Waals surface area contributed by atoms with Crippen molar-refractivity contribution < 1.29 is 28.5 Å². The number of carbonyl (C=O) groups excluding carboxylic acids is 2. The first-order chi connectivity index (χ1) is 14.1. The molecule has 0 aromatic heterocycles. The lowest BCUT2D eigenvalue weighted by Crippen LogP contribution is -2.48. The molecule has 0 saturated heterocycles. The maximum absolute atomic E-state index is 11.9. The number of nitrogens with one attached hydrogen (secondary N) is 2. The molecule has 1 aliphatic carbocycles. The molecule has 166 valence electrons. The monoisotopic (exact) mass is 412 g/mol. The van der Waals surface area contributed by atoms with Gasteiger partial charge in [-0.3, -0.25) is 0 Å². The summed E-state index contributed by atoms with van der Waals surface area (Å²) < 4.78 is 20.4. The van der Waals surface area contributed by atoms with Gasteiger partial charge in [0.15, 0.2) is 0 Å². The van der Waals surface area contributed by atoms with Gasteiger partial charge in [-0.05, 0) is 50.9 Å². The summed E-state index contributed by atoms with van der Waals surface area (Å²) in [4.78, 5) is 23.8. The highest BCUT2D eigenvalue weighted by Gasteiger charge is 2.30. The molecule has 0 aromatic rings. The summed E-state index contributed by atoms with van der Waals surface area (Å²) in [5.41, 5.74) is 0. The Balaban J connectivity index is 2.13. The molecule has 3 atom stereocenters. The third-order valence-corrected chi connectivity index (χ3v) is 4.81. The van der Waals surface area contributed by atoms with E-state index in [4.69, 9.17) is 18.9 Å². The third-order valence-electron chi connectivity index (χ3n) is 4.81. The largest absolute Gasteiger partial charge is 0.502 e. The van der Waals surface area contributed by atoms with Crippen LogP contribution in [0, 0.1) is 5.92 Å². The molecule has 29 heavy (non-hydrogen) atoms. The smallest absolute Gasteiger partial charge is 0.407 e. The Morgan fingerprint density at radius 1 is 0.862 bits per heavy atom. The maximum atomic E-state index is 11.9. The highest BCUT2D eigenvalue weighted by molar-refractivity contribution is 5.68. The molecule has 1 aliphatic rings. The molecule has 0 heterocycles. The summed E-state index contributed by atoms with van der Waals surface area (Å²) in [5.74, 6) is 0.235. The average Bonchev–Trinajstić information content (AvgIpc) is 2.69. The van der Waals surface area contributed by atoms with E-state index in [-0.39, 0.29) is 18.0 Å². The minimum Gasteiger partial charge on any atom is -0.502 e. The molecule has 2 N–H and O–H groups in total. The SMILES string of the molecule is C=COCCCCOC(=O)NC1CCC(NC(=O)OCCCCOC=C)C(C)C1. The van der Waals surface area contributed by atoms with E-state index in [1.165, 1.54) is 12.5 Å². The lowest BCUT2D eigenvalue weighted by Gasteiger charge is -2.34. The number of carbonyl (C=O) groups is 2. The van der Waals surface area contributed by atoms with Gasteiger partial charge in [0.25, 0.3) is 0 Å². The van der Waals surface area contributed by atoms with Crippen LogP contribution in [0.15, 0.2) is 25.7 Å². The van der Waals surface area contributed by atoms with Gasteiger partial charge in [-0.1, -0.05) is 20.1 Å². The van der Waals surface area contributed by atoms with E-state index >= 15 is 0 Å². The van der Waals surface area contributed by atoms with E-state index in [0.29, 0.717) is 26.4 Å². The van der Waals surface area contributed by atoms with Crippen molar-refractivity contribution in [2.45, 2.75) is 64.0 Å². The number of amides is 2. The third kappa shape index (κ3) is 11.9. The van der Waals surface area contributed by atoms with Gasteiger partial charge in [0, 0.05) is 12.1 Å². The fourth-order valence-electron chi connectivity index (χ4n) is 3.21. The summed E-state index contributed by atoms with van der Waals surface area (Å²) in [6.07, 6.45) is 7.50. The van der Waals surface area contributed by atoms with E-state index in [0.717, 1.165) is 44.9 Å². The molecular weight excluding hydrogens is 376 g/mol. The number of hydrogen-bond acceptors (Lipinski definition) is 6. The molecule has 0 aliphatic heterocycles. The Hall–Kier alpha value is -2.38. The highest BCUT2D eigenvalue weighted by atomic mass is 16.6. The van der Waals surface area contributed by atoms with Crippen molar-refractivity contribution in [3.63, 3.8) is 0 Å². The summed E-state index contributed by atoms with van der Waals surface area (Å²) in [7, 11) is 0. The average molecular weight is 413 g/mol. The molecule has 0 radical (unpaired) electrons. The molecular formula is C21H36N2O6. The van der Waals surface area contributed by atoms with E-state index in [2.05, 4.69) is 30.7 Å². The topological polar surface area (TPSA) is 95.1 Å². The molecule has 1 rings (SSSR count). The van der Waals surface area contributed by atoms with E-state index in [1.807, 2.05) is 0 Å². The van der Waals surface area contributed by atoms with Crippen LogP contribution in [-0.2, 0) is 18.9 Å². The van der Waals surface area contributed by atoms with Crippen molar-refractivity contribution in [1.82, 2.24) is 10.6 Å². The molecule has 2 amide bonds. The zero-order chi connectivity index (χ0) is 21.3. The molecule has 0 aromatic carbocycles. The van der Waals surface area contributed by atoms with Gasteiger partial charge in [-0.25, -0.2) is 9.59 Å². The van der Waals surface area contributed by atoms with E-state index in [1.54, 1.807) is 0 Å². The van der Waals surface area contributed by atoms with Gasteiger partial charge in [-0.15, -0.1) is 0 Å². The van der Waals surface area contributed by atoms with Crippen LogP contribution in [0.2, 0.25) is 0 Å². The number of ether oxygens (including phenoxy) is 4. The zero-order valence-corrected chi connectivity index (χ0v) is 17.5. The molecule has 8 nitrogen and oxygen atoms in total. The van der Waals surface area contributed by atoms with Gasteiger partial charge in [0.05, 0.1) is 39.0 Å². The second-order valence-corrected chi connectivity index (χ2v) is 7.14. The number of alkyl carbamates (subject to hydrolysis) is 2. The van der Waals surface area contributed by atoms with Gasteiger partial charge in [0.2, 0.25) is 0 Å². The van der Waals surface area contributed by atoms with Crippen LogP contribution in [0.25, 0.3) is 0 Å². The van der Waals surface area contributed by atoms with Gasteiger partial charge in [-0.2, -0.15) is 0 Å². The molecule has 1 fully saturated rings. The van der Waals surface area contributed by atoms with Gasteiger partial charge >= 0.3 is 12.2 Å².